The Morgan fingerprint density at radius 3 is 2.66 bits per heavy atom. The second kappa shape index (κ2) is 9.25. The zero-order valence-corrected chi connectivity index (χ0v) is 17.7. The van der Waals surface area contributed by atoms with Gasteiger partial charge in [-0.05, 0) is 37.1 Å². The smallest absolute Gasteiger partial charge is 0.406 e. The standard InChI is InChI=1S/C21H22F3N5O3/c1-12-16(10-14-5-4-6-15(9-14)32-21(22,23)24)13(2)29-19(28-12)17(11-27-29)20(31)26-8-7-18(30)25-3/h4-6,9,11H,7-8,10H2,1-3H3,(H,25,30)(H,26,31). The van der Waals surface area contributed by atoms with Crippen LogP contribution in [0.4, 0.5) is 13.2 Å². The molecule has 0 saturated heterocycles. The van der Waals surface area contributed by atoms with E-state index in [-0.39, 0.29) is 30.2 Å². The molecule has 2 heterocycles. The van der Waals surface area contributed by atoms with Crippen LogP contribution in [0.2, 0.25) is 0 Å². The molecule has 2 N–H and O–H groups in total. The van der Waals surface area contributed by atoms with E-state index in [9.17, 15) is 22.8 Å². The van der Waals surface area contributed by atoms with Gasteiger partial charge < -0.3 is 15.4 Å². The summed E-state index contributed by atoms with van der Waals surface area (Å²) in [6, 6.07) is 5.74. The highest BCUT2D eigenvalue weighted by molar-refractivity contribution is 5.99. The van der Waals surface area contributed by atoms with Crippen molar-refractivity contribution in [2.75, 3.05) is 13.6 Å². The summed E-state index contributed by atoms with van der Waals surface area (Å²) in [5.74, 6) is -0.890. The first-order chi connectivity index (χ1) is 15.1. The van der Waals surface area contributed by atoms with E-state index in [2.05, 4.69) is 25.5 Å². The third-order valence-corrected chi connectivity index (χ3v) is 4.88. The molecule has 3 aromatic rings. The number of alkyl halides is 3. The Morgan fingerprint density at radius 2 is 1.97 bits per heavy atom. The van der Waals surface area contributed by atoms with E-state index in [0.29, 0.717) is 29.0 Å². The van der Waals surface area contributed by atoms with Crippen LogP contribution in [0.3, 0.4) is 0 Å². The summed E-state index contributed by atoms with van der Waals surface area (Å²) in [5, 5.41) is 9.39. The quantitative estimate of drug-likeness (QED) is 0.578. The highest BCUT2D eigenvalue weighted by Gasteiger charge is 2.31. The number of nitrogens with zero attached hydrogens (tertiary/aromatic N) is 3. The summed E-state index contributed by atoms with van der Waals surface area (Å²) in [6.45, 7) is 3.73. The average Bonchev–Trinajstić information content (AvgIpc) is 3.13. The van der Waals surface area contributed by atoms with Crippen LogP contribution in [0.5, 0.6) is 5.75 Å². The minimum absolute atomic E-state index is 0.147. The highest BCUT2D eigenvalue weighted by atomic mass is 19.4. The van der Waals surface area contributed by atoms with E-state index in [1.54, 1.807) is 19.9 Å². The van der Waals surface area contributed by atoms with Gasteiger partial charge in [-0.1, -0.05) is 12.1 Å². The first-order valence-electron chi connectivity index (χ1n) is 9.76. The van der Waals surface area contributed by atoms with Crippen LogP contribution in [0, 0.1) is 13.8 Å². The fourth-order valence-electron chi connectivity index (χ4n) is 3.29. The fraction of sp³-hybridized carbons (Fsp3) is 0.333. The van der Waals surface area contributed by atoms with Crippen molar-refractivity contribution in [3.05, 3.63) is 58.5 Å². The summed E-state index contributed by atoms with van der Waals surface area (Å²) in [6.07, 6.45) is -2.92. The minimum atomic E-state index is -4.77. The van der Waals surface area contributed by atoms with Crippen LogP contribution < -0.4 is 15.4 Å². The van der Waals surface area contributed by atoms with Crippen molar-refractivity contribution < 1.29 is 27.5 Å². The predicted molar refractivity (Wildman–Crippen MR) is 109 cm³/mol. The second-order valence-corrected chi connectivity index (χ2v) is 7.11. The van der Waals surface area contributed by atoms with Gasteiger partial charge in [0.15, 0.2) is 5.65 Å². The predicted octanol–water partition coefficient (Wildman–Crippen LogP) is 2.70. The SMILES string of the molecule is CNC(=O)CCNC(=O)c1cnn2c(C)c(Cc3cccc(OC(F)(F)F)c3)c(C)nc12. The van der Waals surface area contributed by atoms with Gasteiger partial charge in [-0.2, -0.15) is 5.10 Å². The molecule has 0 bridgehead atoms. The maximum Gasteiger partial charge on any atom is 0.573 e. The molecule has 1 aromatic carbocycles. The van der Waals surface area contributed by atoms with E-state index < -0.39 is 12.3 Å². The Labute approximate surface area is 181 Å². The Hall–Kier alpha value is -3.63. The normalized spacial score (nSPS) is 11.4. The van der Waals surface area contributed by atoms with Crippen molar-refractivity contribution in [3.8, 4) is 5.75 Å². The van der Waals surface area contributed by atoms with Gasteiger partial charge in [-0.3, -0.25) is 9.59 Å². The summed E-state index contributed by atoms with van der Waals surface area (Å²) < 4.78 is 43.0. The van der Waals surface area contributed by atoms with Crippen LogP contribution in [-0.4, -0.2) is 46.4 Å². The average molecular weight is 449 g/mol. The number of carbonyl (C=O) groups excluding carboxylic acids is 2. The number of amides is 2. The van der Waals surface area contributed by atoms with Crippen molar-refractivity contribution in [2.45, 2.75) is 33.1 Å². The Bertz CT molecular complexity index is 1160. The molecule has 3 rings (SSSR count). The van der Waals surface area contributed by atoms with Crippen molar-refractivity contribution >= 4 is 17.5 Å². The van der Waals surface area contributed by atoms with Crippen LogP contribution >= 0.6 is 0 Å². The monoisotopic (exact) mass is 449 g/mol. The molecule has 0 aliphatic rings. The molecule has 0 fully saturated rings. The number of hydrogen-bond acceptors (Lipinski definition) is 5. The van der Waals surface area contributed by atoms with Crippen molar-refractivity contribution in [2.24, 2.45) is 0 Å². The lowest BCUT2D eigenvalue weighted by atomic mass is 10.0. The number of halogens is 3. The Morgan fingerprint density at radius 1 is 1.22 bits per heavy atom. The van der Waals surface area contributed by atoms with Crippen molar-refractivity contribution in [1.29, 1.82) is 0 Å². The first-order valence-corrected chi connectivity index (χ1v) is 9.76. The molecule has 0 spiro atoms. The molecule has 32 heavy (non-hydrogen) atoms. The Balaban J connectivity index is 1.84. The molecule has 0 radical (unpaired) electrons. The van der Waals surface area contributed by atoms with Crippen LogP contribution in [0.25, 0.3) is 5.65 Å². The maximum absolute atomic E-state index is 12.5. The molecule has 0 unspecified atom stereocenters. The number of aromatic nitrogens is 3. The topological polar surface area (TPSA) is 97.6 Å². The van der Waals surface area contributed by atoms with Crippen molar-refractivity contribution in [3.63, 3.8) is 0 Å². The van der Waals surface area contributed by atoms with Gasteiger partial charge in [0.25, 0.3) is 5.91 Å². The van der Waals surface area contributed by atoms with E-state index in [1.165, 1.54) is 36.0 Å². The number of aryl methyl sites for hydroxylation is 2. The first kappa shape index (κ1) is 23.0. The number of ether oxygens (including phenoxy) is 1. The summed E-state index contributed by atoms with van der Waals surface area (Å²) >= 11 is 0. The highest BCUT2D eigenvalue weighted by Crippen LogP contribution is 2.26. The third-order valence-electron chi connectivity index (χ3n) is 4.88. The lowest BCUT2D eigenvalue weighted by Gasteiger charge is -2.13. The zero-order valence-electron chi connectivity index (χ0n) is 17.7. The van der Waals surface area contributed by atoms with E-state index >= 15 is 0 Å². The molecule has 2 aromatic heterocycles. The number of carbonyl (C=O) groups is 2. The second-order valence-electron chi connectivity index (χ2n) is 7.11. The molecular formula is C21H22F3N5O3. The molecule has 11 heteroatoms. The largest absolute Gasteiger partial charge is 0.573 e. The molecule has 0 aliphatic carbocycles. The molecule has 8 nitrogen and oxygen atoms in total. The van der Waals surface area contributed by atoms with Crippen LogP contribution in [0.15, 0.2) is 30.5 Å². The van der Waals surface area contributed by atoms with E-state index in [4.69, 9.17) is 0 Å². The van der Waals surface area contributed by atoms with Gasteiger partial charge in [-0.25, -0.2) is 9.50 Å². The van der Waals surface area contributed by atoms with Gasteiger partial charge in [0, 0.05) is 37.8 Å². The Kier molecular flexibility index (Phi) is 6.66. The number of hydrogen-bond donors (Lipinski definition) is 2. The fourth-order valence-corrected chi connectivity index (χ4v) is 3.29. The van der Waals surface area contributed by atoms with Gasteiger partial charge in [0.05, 0.1) is 6.20 Å². The maximum atomic E-state index is 12.5. The zero-order chi connectivity index (χ0) is 23.5. The number of fused-ring (bicyclic) bond motifs is 1. The molecule has 0 atom stereocenters. The van der Waals surface area contributed by atoms with Crippen LogP contribution in [-0.2, 0) is 11.2 Å². The molecule has 0 saturated carbocycles. The summed E-state index contributed by atoms with van der Waals surface area (Å²) in [4.78, 5) is 28.3. The van der Waals surface area contributed by atoms with E-state index in [1.807, 2.05) is 0 Å². The van der Waals surface area contributed by atoms with E-state index in [0.717, 1.165) is 5.56 Å². The third kappa shape index (κ3) is 5.34. The summed E-state index contributed by atoms with van der Waals surface area (Å²) in [5.41, 5.74) is 3.33. The van der Waals surface area contributed by atoms with Gasteiger partial charge in [0.1, 0.15) is 11.3 Å². The number of rotatable bonds is 7. The lowest BCUT2D eigenvalue weighted by Crippen LogP contribution is -2.29. The van der Waals surface area contributed by atoms with Gasteiger partial charge in [-0.15, -0.1) is 13.2 Å². The number of benzene rings is 1. The number of nitrogens with one attached hydrogen (secondary N) is 2. The summed E-state index contributed by atoms with van der Waals surface area (Å²) in [7, 11) is 1.52. The lowest BCUT2D eigenvalue weighted by molar-refractivity contribution is -0.274. The van der Waals surface area contributed by atoms with Crippen molar-refractivity contribution in [1.82, 2.24) is 25.2 Å². The minimum Gasteiger partial charge on any atom is -0.406 e. The molecule has 2 amide bonds. The molecule has 0 aliphatic heterocycles. The van der Waals surface area contributed by atoms with Gasteiger partial charge >= 0.3 is 6.36 Å². The molecule has 170 valence electrons. The molecular weight excluding hydrogens is 427 g/mol. The van der Waals surface area contributed by atoms with Gasteiger partial charge in [0.2, 0.25) is 5.91 Å². The van der Waals surface area contributed by atoms with Crippen LogP contribution in [0.1, 0.15) is 39.3 Å².